The molecule has 21 heavy (non-hydrogen) atoms. The van der Waals surface area contributed by atoms with Crippen LogP contribution in [0.1, 0.15) is 37.5 Å². The van der Waals surface area contributed by atoms with Crippen LogP contribution in [0.3, 0.4) is 0 Å². The lowest BCUT2D eigenvalue weighted by Gasteiger charge is -2.33. The maximum atomic E-state index is 9.48. The number of anilines is 3. The van der Waals surface area contributed by atoms with Crippen LogP contribution in [0.2, 0.25) is 0 Å². The summed E-state index contributed by atoms with van der Waals surface area (Å²) in [7, 11) is 0. The first-order valence-electron chi connectivity index (χ1n) is 6.12. The van der Waals surface area contributed by atoms with Gasteiger partial charge >= 0.3 is 0 Å². The maximum Gasteiger partial charge on any atom is 0.105 e. The highest BCUT2D eigenvalue weighted by atomic mass is 16.8. The van der Waals surface area contributed by atoms with Gasteiger partial charge in [0.05, 0.1) is 0 Å². The average molecular weight is 303 g/mol. The molecule has 0 saturated carbocycles. The minimum atomic E-state index is -0.706. The van der Waals surface area contributed by atoms with E-state index in [0.29, 0.717) is 0 Å². The van der Waals surface area contributed by atoms with Crippen molar-refractivity contribution in [2.45, 2.75) is 40.0 Å². The maximum absolute atomic E-state index is 9.48. The van der Waals surface area contributed by atoms with Gasteiger partial charge in [0.1, 0.15) is 17.1 Å². The lowest BCUT2D eigenvalue weighted by atomic mass is 9.81. The van der Waals surface area contributed by atoms with Crippen molar-refractivity contribution >= 4 is 17.1 Å². The lowest BCUT2D eigenvalue weighted by molar-refractivity contribution is 0.0207. The highest BCUT2D eigenvalue weighted by Gasteiger charge is 2.33. The fraction of sp³-hybridized carbons (Fsp3) is 0.500. The molecule has 1 aromatic rings. The van der Waals surface area contributed by atoms with Gasteiger partial charge in [-0.15, -0.1) is 15.7 Å². The van der Waals surface area contributed by atoms with Crippen LogP contribution >= 0.6 is 0 Å². The Morgan fingerprint density at radius 3 is 1.10 bits per heavy atom. The molecule has 0 aromatic heterocycles. The Bertz CT molecular complexity index is 502. The third-order valence-electron chi connectivity index (χ3n) is 3.24. The summed E-state index contributed by atoms with van der Waals surface area (Å²) < 4.78 is 0. The summed E-state index contributed by atoms with van der Waals surface area (Å²) in [6, 6.07) is 0. The molecule has 0 unspecified atom stereocenters. The van der Waals surface area contributed by atoms with E-state index in [1.165, 1.54) is 13.8 Å². The van der Waals surface area contributed by atoms with Crippen LogP contribution in [0, 0.1) is 13.8 Å². The molecule has 9 nitrogen and oxygen atoms in total. The van der Waals surface area contributed by atoms with E-state index in [4.69, 9.17) is 0 Å². The quantitative estimate of drug-likeness (QED) is 0.466. The van der Waals surface area contributed by atoms with Crippen LogP contribution in [0.4, 0.5) is 17.1 Å². The Kier molecular flexibility index (Phi) is 4.68. The molecule has 0 aliphatic carbocycles. The smallest absolute Gasteiger partial charge is 0.105 e. The second kappa shape index (κ2) is 5.64. The minimum absolute atomic E-state index is 0.137. The van der Waals surface area contributed by atoms with E-state index in [1.807, 2.05) is 0 Å². The van der Waals surface area contributed by atoms with E-state index in [-0.39, 0.29) is 49.4 Å². The predicted octanol–water partition coefficient (Wildman–Crippen LogP) is 2.36. The molecule has 0 aliphatic rings. The second-order valence-corrected chi connectivity index (χ2v) is 5.79. The van der Waals surface area contributed by atoms with Gasteiger partial charge in [-0.25, -0.2) is 0 Å². The molecule has 0 bridgehead atoms. The van der Waals surface area contributed by atoms with Gasteiger partial charge < -0.3 is 0 Å². The molecule has 0 atom stereocenters. The zero-order valence-electron chi connectivity index (χ0n) is 12.5. The summed E-state index contributed by atoms with van der Waals surface area (Å²) in [4.78, 5) is 0. The minimum Gasteiger partial charge on any atom is -0.264 e. The third kappa shape index (κ3) is 3.02. The molecule has 6 N–H and O–H groups in total. The van der Waals surface area contributed by atoms with E-state index in [2.05, 4.69) is 0 Å². The Hall–Kier alpha value is -1.62. The van der Waals surface area contributed by atoms with E-state index >= 15 is 0 Å². The molecule has 0 saturated heterocycles. The summed E-state index contributed by atoms with van der Waals surface area (Å²) >= 11 is 0. The predicted molar refractivity (Wildman–Crippen MR) is 72.8 cm³/mol. The van der Waals surface area contributed by atoms with E-state index in [0.717, 1.165) is 0 Å². The topological polar surface area (TPSA) is 131 Å². The molecule has 0 spiro atoms. The SMILES string of the molecule is Cc1c(N(O)O)c(C)c(N(O)O)c(C(C)(C)C)c1N(O)O. The molecule has 9 heteroatoms. The number of hydrogen-bond donors (Lipinski definition) is 6. The van der Waals surface area contributed by atoms with Gasteiger partial charge in [0.2, 0.25) is 0 Å². The van der Waals surface area contributed by atoms with Gasteiger partial charge in [-0.1, -0.05) is 20.8 Å². The van der Waals surface area contributed by atoms with E-state index < -0.39 is 5.41 Å². The zero-order chi connectivity index (χ0) is 16.7. The van der Waals surface area contributed by atoms with Gasteiger partial charge in [0.25, 0.3) is 0 Å². The summed E-state index contributed by atoms with van der Waals surface area (Å²) in [5, 5.41) is 56.0. The summed E-state index contributed by atoms with van der Waals surface area (Å²) in [6.45, 7) is 8.08. The standard InChI is InChI=1S/C12H21N3O6/c1-6-9(13(16)17)7(2)11(15(20)21)8(12(3,4)5)10(6)14(18)19/h16-21H,1-5H3. The van der Waals surface area contributed by atoms with Crippen molar-refractivity contribution in [3.05, 3.63) is 16.7 Å². The molecule has 1 aromatic carbocycles. The Morgan fingerprint density at radius 1 is 0.619 bits per heavy atom. The number of benzene rings is 1. The summed E-state index contributed by atoms with van der Waals surface area (Å²) in [5.74, 6) is 0. The van der Waals surface area contributed by atoms with Crippen molar-refractivity contribution in [1.82, 2.24) is 0 Å². The Morgan fingerprint density at radius 2 is 0.905 bits per heavy atom. The van der Waals surface area contributed by atoms with Crippen molar-refractivity contribution < 1.29 is 31.2 Å². The normalized spacial score (nSPS) is 11.6. The first kappa shape index (κ1) is 17.4. The fourth-order valence-corrected chi connectivity index (χ4v) is 2.50. The zero-order valence-corrected chi connectivity index (χ0v) is 12.5. The van der Waals surface area contributed by atoms with Gasteiger partial charge in [-0.05, 0) is 19.3 Å². The number of hydrogen-bond acceptors (Lipinski definition) is 9. The molecule has 0 radical (unpaired) electrons. The van der Waals surface area contributed by atoms with Crippen LogP contribution in [0.25, 0.3) is 0 Å². The van der Waals surface area contributed by atoms with Crippen LogP contribution < -0.4 is 15.7 Å². The molecule has 0 fully saturated rings. The first-order chi connectivity index (χ1) is 9.41. The van der Waals surface area contributed by atoms with Gasteiger partial charge in [-0.2, -0.15) is 0 Å². The van der Waals surface area contributed by atoms with Crippen molar-refractivity contribution in [3.8, 4) is 0 Å². The van der Waals surface area contributed by atoms with Crippen LogP contribution in [-0.4, -0.2) is 31.2 Å². The van der Waals surface area contributed by atoms with Crippen molar-refractivity contribution in [3.63, 3.8) is 0 Å². The highest BCUT2D eigenvalue weighted by Crippen LogP contribution is 2.46. The van der Waals surface area contributed by atoms with Gasteiger partial charge in [0, 0.05) is 16.7 Å². The molecular formula is C12H21N3O6. The molecule has 120 valence electrons. The third-order valence-corrected chi connectivity index (χ3v) is 3.24. The summed E-state index contributed by atoms with van der Waals surface area (Å²) in [5.41, 5.74) is -0.788. The van der Waals surface area contributed by atoms with Crippen LogP contribution in [0.5, 0.6) is 0 Å². The van der Waals surface area contributed by atoms with Gasteiger partial charge in [0.15, 0.2) is 0 Å². The lowest BCUT2D eigenvalue weighted by Crippen LogP contribution is -2.28. The largest absolute Gasteiger partial charge is 0.264 e. The Labute approximate surface area is 121 Å². The first-order valence-corrected chi connectivity index (χ1v) is 6.12. The van der Waals surface area contributed by atoms with Crippen molar-refractivity contribution in [2.24, 2.45) is 0 Å². The van der Waals surface area contributed by atoms with Crippen LogP contribution in [-0.2, 0) is 5.41 Å². The number of nitrogens with zero attached hydrogens (tertiary/aromatic N) is 3. The Balaban J connectivity index is 4.02. The summed E-state index contributed by atoms with van der Waals surface area (Å²) in [6.07, 6.45) is 0. The van der Waals surface area contributed by atoms with E-state index in [1.54, 1.807) is 20.8 Å². The van der Waals surface area contributed by atoms with Crippen molar-refractivity contribution in [2.75, 3.05) is 15.7 Å². The second-order valence-electron chi connectivity index (χ2n) is 5.79. The molecular weight excluding hydrogens is 282 g/mol. The molecule has 0 amide bonds. The monoisotopic (exact) mass is 303 g/mol. The molecule has 0 heterocycles. The van der Waals surface area contributed by atoms with Crippen LogP contribution in [0.15, 0.2) is 0 Å². The van der Waals surface area contributed by atoms with Crippen molar-refractivity contribution in [1.29, 1.82) is 0 Å². The van der Waals surface area contributed by atoms with E-state index in [9.17, 15) is 31.2 Å². The number of rotatable bonds is 3. The van der Waals surface area contributed by atoms with Gasteiger partial charge in [-0.3, -0.25) is 31.2 Å². The molecule has 1 rings (SSSR count). The molecule has 0 aliphatic heterocycles. The average Bonchev–Trinajstić information content (AvgIpc) is 2.24. The fourth-order valence-electron chi connectivity index (χ4n) is 2.50. The highest BCUT2D eigenvalue weighted by molar-refractivity contribution is 5.82.